The highest BCUT2D eigenvalue weighted by atomic mass is 32.2. The Balaban J connectivity index is 1.31. The van der Waals surface area contributed by atoms with Gasteiger partial charge in [0.2, 0.25) is 0 Å². The third kappa shape index (κ3) is 4.53. The van der Waals surface area contributed by atoms with E-state index in [9.17, 15) is 8.42 Å². The molecule has 5 aromatic rings. The third-order valence-electron chi connectivity index (χ3n) is 5.87. The first-order chi connectivity index (χ1) is 16.6. The van der Waals surface area contributed by atoms with E-state index in [1.807, 2.05) is 66.7 Å². The summed E-state index contributed by atoms with van der Waals surface area (Å²) in [7, 11) is -3.64. The van der Waals surface area contributed by atoms with Gasteiger partial charge >= 0.3 is 0 Å². The van der Waals surface area contributed by atoms with E-state index in [1.165, 1.54) is 0 Å². The number of hydrogen-bond donors (Lipinski definition) is 3. The van der Waals surface area contributed by atoms with Crippen LogP contribution in [0.15, 0.2) is 102 Å². The van der Waals surface area contributed by atoms with Gasteiger partial charge in [-0.15, -0.1) is 0 Å². The molecule has 0 saturated heterocycles. The number of para-hydroxylation sites is 2. The molecule has 1 atom stereocenters. The van der Waals surface area contributed by atoms with Crippen LogP contribution in [0.5, 0.6) is 0 Å². The fourth-order valence-corrected chi connectivity index (χ4v) is 5.82. The average molecular weight is 471 g/mol. The Morgan fingerprint density at radius 2 is 1.59 bits per heavy atom. The van der Waals surface area contributed by atoms with Crippen LogP contribution in [0.3, 0.4) is 0 Å². The zero-order valence-corrected chi connectivity index (χ0v) is 19.4. The number of aromatic nitrogens is 2. The van der Waals surface area contributed by atoms with Gasteiger partial charge < -0.3 is 10.3 Å². The summed E-state index contributed by atoms with van der Waals surface area (Å²) >= 11 is 0. The van der Waals surface area contributed by atoms with Crippen LogP contribution in [0.25, 0.3) is 21.8 Å². The van der Waals surface area contributed by atoms with Gasteiger partial charge in [-0.25, -0.2) is 13.4 Å². The number of H-pyrrole nitrogens is 1. The number of anilines is 1. The normalized spacial score (nSPS) is 12.7. The highest BCUT2D eigenvalue weighted by Gasteiger charge is 2.30. The molecule has 172 valence electrons. The molecule has 5 rings (SSSR count). The van der Waals surface area contributed by atoms with E-state index in [4.69, 9.17) is 0 Å². The monoisotopic (exact) mass is 470 g/mol. The smallest absolute Gasteiger partial charge is 0.198 e. The molecule has 0 bridgehead atoms. The summed E-state index contributed by atoms with van der Waals surface area (Å²) in [6.45, 7) is 1.20. The largest absolute Gasteiger partial charge is 0.370 e. The van der Waals surface area contributed by atoms with Crippen molar-refractivity contribution in [1.29, 1.82) is 0 Å². The van der Waals surface area contributed by atoms with Crippen LogP contribution in [0, 0.1) is 0 Å². The minimum Gasteiger partial charge on any atom is -0.370 e. The highest BCUT2D eigenvalue weighted by molar-refractivity contribution is 7.91. The van der Waals surface area contributed by atoms with E-state index in [2.05, 4.69) is 20.6 Å². The maximum absolute atomic E-state index is 13.6. The standard InChI is InChI=1S/C27H26N4O2S/c32-34(33,21-10-2-1-3-11-21)27(23-19-30-25-14-7-5-12-22(23)25)29-18-8-17-28-26-16-15-20-9-4-6-13-24(20)31-26/h1-7,9-16,19,27,29-30H,8,17-18H2,(H,28,31). The summed E-state index contributed by atoms with van der Waals surface area (Å²) in [5.74, 6) is 0.809. The van der Waals surface area contributed by atoms with Crippen molar-refractivity contribution in [3.63, 3.8) is 0 Å². The predicted molar refractivity (Wildman–Crippen MR) is 138 cm³/mol. The molecule has 0 saturated carbocycles. The SMILES string of the molecule is O=S(=O)(c1ccccc1)C(NCCCNc1ccc2ccccc2n1)c1c[nH]c2ccccc12. The lowest BCUT2D eigenvalue weighted by Crippen LogP contribution is -2.30. The molecule has 2 heterocycles. The summed E-state index contributed by atoms with van der Waals surface area (Å²) in [5, 5.41) is 7.78. The minimum atomic E-state index is -3.64. The number of nitrogens with zero attached hydrogens (tertiary/aromatic N) is 1. The van der Waals surface area contributed by atoms with Crippen LogP contribution in [0.1, 0.15) is 17.4 Å². The van der Waals surface area contributed by atoms with Gasteiger partial charge in [0.1, 0.15) is 11.2 Å². The van der Waals surface area contributed by atoms with Gasteiger partial charge in [0.25, 0.3) is 0 Å². The molecule has 0 spiro atoms. The molecule has 1 unspecified atom stereocenters. The molecule has 0 radical (unpaired) electrons. The van der Waals surface area contributed by atoms with Crippen molar-refractivity contribution in [2.75, 3.05) is 18.4 Å². The van der Waals surface area contributed by atoms with Crippen LogP contribution < -0.4 is 10.6 Å². The Morgan fingerprint density at radius 3 is 2.47 bits per heavy atom. The van der Waals surface area contributed by atoms with Crippen molar-refractivity contribution in [3.05, 3.63) is 103 Å². The second-order valence-corrected chi connectivity index (χ2v) is 10.2. The lowest BCUT2D eigenvalue weighted by Gasteiger charge is -2.19. The number of aromatic amines is 1. The van der Waals surface area contributed by atoms with Gasteiger partial charge in [0.15, 0.2) is 9.84 Å². The number of sulfone groups is 1. The minimum absolute atomic E-state index is 0.302. The Kier molecular flexibility index (Phi) is 6.29. The number of rotatable bonds is 9. The Labute approximate surface area is 199 Å². The maximum Gasteiger partial charge on any atom is 0.198 e. The molecule has 3 N–H and O–H groups in total. The second kappa shape index (κ2) is 9.67. The molecule has 7 heteroatoms. The Morgan fingerprint density at radius 1 is 0.824 bits per heavy atom. The van der Waals surface area contributed by atoms with Crippen molar-refractivity contribution in [1.82, 2.24) is 15.3 Å². The van der Waals surface area contributed by atoms with E-state index in [1.54, 1.807) is 30.5 Å². The molecule has 34 heavy (non-hydrogen) atoms. The summed E-state index contributed by atoms with van der Waals surface area (Å²) < 4.78 is 27.2. The average Bonchev–Trinajstić information content (AvgIpc) is 3.30. The quantitative estimate of drug-likeness (QED) is 0.255. The maximum atomic E-state index is 13.6. The van der Waals surface area contributed by atoms with E-state index < -0.39 is 15.2 Å². The van der Waals surface area contributed by atoms with Crippen LogP contribution in [-0.2, 0) is 9.84 Å². The Hall–Kier alpha value is -3.68. The summed E-state index contributed by atoms with van der Waals surface area (Å²) in [6, 6.07) is 28.4. The predicted octanol–water partition coefficient (Wildman–Crippen LogP) is 5.28. The van der Waals surface area contributed by atoms with Crippen LogP contribution in [-0.4, -0.2) is 31.5 Å². The third-order valence-corrected chi connectivity index (χ3v) is 7.84. The van der Waals surface area contributed by atoms with Crippen LogP contribution in [0.4, 0.5) is 5.82 Å². The molecule has 6 nitrogen and oxygen atoms in total. The van der Waals surface area contributed by atoms with Crippen molar-refractivity contribution < 1.29 is 8.42 Å². The zero-order valence-electron chi connectivity index (χ0n) is 18.6. The first-order valence-electron chi connectivity index (χ1n) is 11.3. The van der Waals surface area contributed by atoms with E-state index >= 15 is 0 Å². The zero-order chi connectivity index (χ0) is 23.4. The van der Waals surface area contributed by atoms with Gasteiger partial charge in [-0.05, 0) is 49.4 Å². The molecule has 3 aromatic carbocycles. The summed E-state index contributed by atoms with van der Waals surface area (Å²) in [4.78, 5) is 8.14. The van der Waals surface area contributed by atoms with Gasteiger partial charge in [0.05, 0.1) is 10.4 Å². The topological polar surface area (TPSA) is 86.9 Å². The molecular weight excluding hydrogens is 444 g/mol. The Bertz CT molecular complexity index is 1510. The van der Waals surface area contributed by atoms with Crippen LogP contribution in [0.2, 0.25) is 0 Å². The van der Waals surface area contributed by atoms with Crippen molar-refractivity contribution in [2.45, 2.75) is 16.7 Å². The summed E-state index contributed by atoms with van der Waals surface area (Å²) in [5.41, 5.74) is 2.58. The molecule has 2 aromatic heterocycles. The summed E-state index contributed by atoms with van der Waals surface area (Å²) in [6.07, 6.45) is 2.53. The van der Waals surface area contributed by atoms with Crippen molar-refractivity contribution in [2.24, 2.45) is 0 Å². The number of nitrogens with one attached hydrogen (secondary N) is 3. The fraction of sp³-hybridized carbons (Fsp3) is 0.148. The second-order valence-electron chi connectivity index (χ2n) is 8.15. The number of hydrogen-bond acceptors (Lipinski definition) is 5. The van der Waals surface area contributed by atoms with Crippen molar-refractivity contribution in [3.8, 4) is 0 Å². The number of benzene rings is 3. The van der Waals surface area contributed by atoms with Crippen molar-refractivity contribution >= 4 is 37.5 Å². The van der Waals surface area contributed by atoms with Gasteiger partial charge in [-0.1, -0.05) is 54.6 Å². The van der Waals surface area contributed by atoms with Gasteiger partial charge in [-0.3, -0.25) is 5.32 Å². The van der Waals surface area contributed by atoms with E-state index in [0.29, 0.717) is 18.0 Å². The number of pyridine rings is 1. The first kappa shape index (κ1) is 22.1. The highest BCUT2D eigenvalue weighted by Crippen LogP contribution is 2.31. The van der Waals surface area contributed by atoms with Gasteiger partial charge in [0, 0.05) is 34.6 Å². The number of fused-ring (bicyclic) bond motifs is 2. The molecule has 0 fully saturated rings. The lowest BCUT2D eigenvalue weighted by molar-refractivity contribution is 0.553. The molecular formula is C27H26N4O2S. The molecule has 0 aliphatic rings. The van der Waals surface area contributed by atoms with E-state index in [0.717, 1.165) is 39.6 Å². The molecule has 0 aliphatic heterocycles. The fourth-order valence-electron chi connectivity index (χ4n) is 4.15. The van der Waals surface area contributed by atoms with Gasteiger partial charge in [-0.2, -0.15) is 0 Å². The molecule has 0 amide bonds. The molecule has 0 aliphatic carbocycles. The first-order valence-corrected chi connectivity index (χ1v) is 12.9. The van der Waals surface area contributed by atoms with Crippen LogP contribution >= 0.6 is 0 Å². The van der Waals surface area contributed by atoms with E-state index in [-0.39, 0.29) is 0 Å². The lowest BCUT2D eigenvalue weighted by atomic mass is 10.2.